The molecule has 0 saturated carbocycles. The molecule has 3 rings (SSSR count). The molecule has 6 nitrogen and oxygen atoms in total. The number of carbonyl (C=O) groups is 1. The van der Waals surface area contributed by atoms with Crippen LogP contribution in [0.2, 0.25) is 0 Å². The van der Waals surface area contributed by atoms with Crippen molar-refractivity contribution in [2.75, 3.05) is 25.4 Å². The molecule has 1 aromatic heterocycles. The van der Waals surface area contributed by atoms with Crippen molar-refractivity contribution >= 4 is 11.7 Å². The number of nitrogens with one attached hydrogen (secondary N) is 1. The minimum Gasteiger partial charge on any atom is -0.383 e. The van der Waals surface area contributed by atoms with Gasteiger partial charge in [0.15, 0.2) is 5.60 Å². The lowest BCUT2D eigenvalue weighted by molar-refractivity contribution is -0.156. The number of hydrogen-bond acceptors (Lipinski definition) is 5. The summed E-state index contributed by atoms with van der Waals surface area (Å²) < 4.78 is 0. The first-order chi connectivity index (χ1) is 12.6. The topological polar surface area (TPSA) is 91.5 Å². The van der Waals surface area contributed by atoms with E-state index in [-0.39, 0.29) is 12.5 Å². The fraction of sp³-hybridized carbons (Fsp3) is 0.400. The maximum Gasteiger partial charge on any atom is 0.255 e. The second-order valence-corrected chi connectivity index (χ2v) is 6.81. The van der Waals surface area contributed by atoms with Crippen molar-refractivity contribution in [3.63, 3.8) is 0 Å². The molecule has 2 aromatic rings. The molecule has 1 aromatic carbocycles. The van der Waals surface area contributed by atoms with Crippen LogP contribution in [0.5, 0.6) is 0 Å². The molecule has 138 valence electrons. The molecule has 6 heteroatoms. The number of nitrogen functional groups attached to an aromatic ring is 1. The van der Waals surface area contributed by atoms with Crippen molar-refractivity contribution in [3.8, 4) is 0 Å². The summed E-state index contributed by atoms with van der Waals surface area (Å²) in [7, 11) is 0. The zero-order valence-electron chi connectivity index (χ0n) is 14.9. The van der Waals surface area contributed by atoms with E-state index in [4.69, 9.17) is 5.73 Å². The van der Waals surface area contributed by atoms with Crippen LogP contribution in [-0.2, 0) is 17.8 Å². The van der Waals surface area contributed by atoms with Crippen LogP contribution in [0.1, 0.15) is 24.0 Å². The number of hydrogen-bond donors (Lipinski definition) is 3. The molecule has 4 N–H and O–H groups in total. The fourth-order valence-electron chi connectivity index (χ4n) is 3.36. The Hall–Kier alpha value is -2.44. The first-order valence-electron chi connectivity index (χ1n) is 9.04. The Balaban J connectivity index is 1.54. The lowest BCUT2D eigenvalue weighted by Crippen LogP contribution is -2.58. The number of aromatic nitrogens is 1. The lowest BCUT2D eigenvalue weighted by Gasteiger charge is -2.38. The van der Waals surface area contributed by atoms with Crippen LogP contribution in [0.25, 0.3) is 0 Å². The van der Waals surface area contributed by atoms with Gasteiger partial charge >= 0.3 is 0 Å². The molecule has 1 aliphatic heterocycles. The summed E-state index contributed by atoms with van der Waals surface area (Å²) in [5, 5.41) is 14.0. The van der Waals surface area contributed by atoms with Gasteiger partial charge in [-0.15, -0.1) is 0 Å². The molecule has 1 fully saturated rings. The van der Waals surface area contributed by atoms with E-state index >= 15 is 0 Å². The minimum absolute atomic E-state index is 0.189. The van der Waals surface area contributed by atoms with Crippen LogP contribution in [-0.4, -0.2) is 46.1 Å². The fourth-order valence-corrected chi connectivity index (χ4v) is 3.36. The predicted octanol–water partition coefficient (Wildman–Crippen LogP) is 1.35. The van der Waals surface area contributed by atoms with Crippen LogP contribution >= 0.6 is 0 Å². The van der Waals surface area contributed by atoms with Crippen LogP contribution in [0.4, 0.5) is 5.82 Å². The molecule has 2 heterocycles. The number of amides is 1. The zero-order chi connectivity index (χ0) is 18.4. The molecule has 0 radical (unpaired) electrons. The largest absolute Gasteiger partial charge is 0.383 e. The number of nitrogens with two attached hydrogens (primary N) is 1. The first-order valence-corrected chi connectivity index (χ1v) is 9.04. The van der Waals surface area contributed by atoms with E-state index in [1.165, 1.54) is 5.56 Å². The second-order valence-electron chi connectivity index (χ2n) is 6.81. The summed E-state index contributed by atoms with van der Waals surface area (Å²) >= 11 is 0. The van der Waals surface area contributed by atoms with Gasteiger partial charge in [-0.25, -0.2) is 4.98 Å². The highest BCUT2D eigenvalue weighted by Gasteiger charge is 2.41. The molecule has 1 amide bonds. The average molecular weight is 354 g/mol. The Morgan fingerprint density at radius 2 is 2.04 bits per heavy atom. The monoisotopic (exact) mass is 354 g/mol. The van der Waals surface area contributed by atoms with Crippen molar-refractivity contribution in [1.82, 2.24) is 15.2 Å². The van der Waals surface area contributed by atoms with Crippen LogP contribution in [0.3, 0.4) is 0 Å². The zero-order valence-corrected chi connectivity index (χ0v) is 14.9. The third kappa shape index (κ3) is 4.39. The number of anilines is 1. The quantitative estimate of drug-likeness (QED) is 0.698. The Kier molecular flexibility index (Phi) is 5.85. The lowest BCUT2D eigenvalue weighted by atomic mass is 9.91. The normalized spacial score (nSPS) is 20.3. The van der Waals surface area contributed by atoms with Crippen molar-refractivity contribution in [2.24, 2.45) is 0 Å². The van der Waals surface area contributed by atoms with Gasteiger partial charge in [0.2, 0.25) is 0 Å². The summed E-state index contributed by atoms with van der Waals surface area (Å²) in [6.07, 6.45) is 3.71. The van der Waals surface area contributed by atoms with E-state index in [2.05, 4.69) is 22.4 Å². The Labute approximate surface area is 154 Å². The smallest absolute Gasteiger partial charge is 0.255 e. The molecule has 0 spiro atoms. The van der Waals surface area contributed by atoms with Crippen LogP contribution < -0.4 is 11.1 Å². The highest BCUT2D eigenvalue weighted by Crippen LogP contribution is 2.23. The van der Waals surface area contributed by atoms with E-state index in [0.29, 0.717) is 31.9 Å². The van der Waals surface area contributed by atoms with E-state index in [1.807, 2.05) is 30.3 Å². The molecular weight excluding hydrogens is 328 g/mol. The van der Waals surface area contributed by atoms with Gasteiger partial charge in [0.05, 0.1) is 0 Å². The summed E-state index contributed by atoms with van der Waals surface area (Å²) in [6.45, 7) is 2.01. The molecule has 0 aliphatic carbocycles. The number of aliphatic hydroxyl groups is 1. The number of rotatable bonds is 7. The van der Waals surface area contributed by atoms with E-state index in [1.54, 1.807) is 11.1 Å². The maximum absolute atomic E-state index is 12.8. The summed E-state index contributed by atoms with van der Waals surface area (Å²) in [4.78, 5) is 18.6. The average Bonchev–Trinajstić information content (AvgIpc) is 2.66. The standard InChI is InChI=1S/C20H26N4O2/c21-18-17(8-4-11-23-18)14-22-15-20(26)10-5-12-24(19(20)25)13-9-16-6-2-1-3-7-16/h1-4,6-8,11,22,26H,5,9-10,12-15H2,(H2,21,23)/t20-/m0/s1. The second kappa shape index (κ2) is 8.29. The van der Waals surface area contributed by atoms with Gasteiger partial charge in [0.25, 0.3) is 5.91 Å². The third-order valence-electron chi connectivity index (χ3n) is 4.88. The van der Waals surface area contributed by atoms with E-state index in [9.17, 15) is 9.90 Å². The Morgan fingerprint density at radius 3 is 2.81 bits per heavy atom. The SMILES string of the molecule is Nc1ncccc1CNC[C@@]1(O)CCCN(CCc2ccccc2)C1=O. The summed E-state index contributed by atoms with van der Waals surface area (Å²) in [5.41, 5.74) is 6.53. The van der Waals surface area contributed by atoms with Crippen molar-refractivity contribution < 1.29 is 9.90 Å². The highest BCUT2D eigenvalue weighted by atomic mass is 16.3. The number of benzene rings is 1. The number of likely N-dealkylation sites (tertiary alicyclic amines) is 1. The molecule has 26 heavy (non-hydrogen) atoms. The van der Waals surface area contributed by atoms with Gasteiger partial charge in [-0.1, -0.05) is 36.4 Å². The highest BCUT2D eigenvalue weighted by molar-refractivity contribution is 5.86. The van der Waals surface area contributed by atoms with Gasteiger partial charge < -0.3 is 21.1 Å². The Morgan fingerprint density at radius 1 is 1.23 bits per heavy atom. The third-order valence-corrected chi connectivity index (χ3v) is 4.88. The number of nitrogens with zero attached hydrogens (tertiary/aromatic N) is 2. The van der Waals surface area contributed by atoms with Gasteiger partial charge in [-0.3, -0.25) is 4.79 Å². The molecular formula is C20H26N4O2. The van der Waals surface area contributed by atoms with Crippen LogP contribution in [0.15, 0.2) is 48.7 Å². The van der Waals surface area contributed by atoms with Crippen molar-refractivity contribution in [3.05, 3.63) is 59.8 Å². The number of piperidine rings is 1. The van der Waals surface area contributed by atoms with E-state index < -0.39 is 5.60 Å². The molecule has 1 aliphatic rings. The molecule has 1 atom stereocenters. The predicted molar refractivity (Wildman–Crippen MR) is 101 cm³/mol. The van der Waals surface area contributed by atoms with Gasteiger partial charge in [-0.2, -0.15) is 0 Å². The summed E-state index contributed by atoms with van der Waals surface area (Å²) in [5.74, 6) is 0.276. The first kappa shape index (κ1) is 18.4. The number of pyridine rings is 1. The van der Waals surface area contributed by atoms with Gasteiger partial charge in [-0.05, 0) is 30.9 Å². The van der Waals surface area contributed by atoms with Gasteiger partial charge in [0, 0.05) is 37.9 Å². The Bertz CT molecular complexity index is 738. The van der Waals surface area contributed by atoms with Crippen molar-refractivity contribution in [1.29, 1.82) is 0 Å². The van der Waals surface area contributed by atoms with Crippen molar-refractivity contribution in [2.45, 2.75) is 31.4 Å². The molecule has 1 saturated heterocycles. The number of carbonyl (C=O) groups excluding carboxylic acids is 1. The minimum atomic E-state index is -1.36. The van der Waals surface area contributed by atoms with E-state index in [0.717, 1.165) is 18.4 Å². The van der Waals surface area contributed by atoms with Crippen LogP contribution in [0, 0.1) is 0 Å². The summed E-state index contributed by atoms with van der Waals surface area (Å²) in [6, 6.07) is 13.8. The maximum atomic E-state index is 12.8. The molecule has 0 bridgehead atoms. The van der Waals surface area contributed by atoms with Gasteiger partial charge in [0.1, 0.15) is 5.82 Å². The molecule has 0 unspecified atom stereocenters.